The molecule has 0 saturated carbocycles. The molecular formula is C23H27N9O. The molecule has 10 heteroatoms. The van der Waals surface area contributed by atoms with Crippen molar-refractivity contribution in [3.63, 3.8) is 0 Å². The van der Waals surface area contributed by atoms with Crippen molar-refractivity contribution < 1.29 is 4.79 Å². The molecule has 0 saturated heterocycles. The molecule has 0 fully saturated rings. The lowest BCUT2D eigenvalue weighted by atomic mass is 10.0. The van der Waals surface area contributed by atoms with E-state index in [0.29, 0.717) is 17.5 Å². The number of carbonyl (C=O) groups excluding carboxylic acids is 1. The smallest absolute Gasteiger partial charge is 0.275 e. The van der Waals surface area contributed by atoms with Crippen LogP contribution in [0.5, 0.6) is 0 Å². The number of hydrogen-bond acceptors (Lipinski definition) is 7. The van der Waals surface area contributed by atoms with Crippen molar-refractivity contribution in [2.45, 2.75) is 53.0 Å². The molecule has 10 nitrogen and oxygen atoms in total. The Kier molecular flexibility index (Phi) is 5.75. The number of amides is 1. The summed E-state index contributed by atoms with van der Waals surface area (Å²) in [7, 11) is 0. The first-order chi connectivity index (χ1) is 15.6. The highest BCUT2D eigenvalue weighted by Gasteiger charge is 2.18. The van der Waals surface area contributed by atoms with E-state index in [1.54, 1.807) is 41.3 Å². The average Bonchev–Trinajstić information content (AvgIpc) is 3.44. The van der Waals surface area contributed by atoms with Crippen molar-refractivity contribution in [2.75, 3.05) is 5.32 Å². The molecule has 4 aromatic rings. The lowest BCUT2D eigenvalue weighted by Crippen LogP contribution is -2.21. The molecule has 1 N–H and O–H groups in total. The van der Waals surface area contributed by atoms with Gasteiger partial charge in [-0.25, -0.2) is 4.98 Å². The third-order valence-corrected chi connectivity index (χ3v) is 5.12. The molecule has 0 aliphatic carbocycles. The fourth-order valence-electron chi connectivity index (χ4n) is 3.30. The van der Waals surface area contributed by atoms with E-state index in [1.807, 2.05) is 31.6 Å². The van der Waals surface area contributed by atoms with Crippen molar-refractivity contribution >= 4 is 11.7 Å². The second-order valence-electron chi connectivity index (χ2n) is 9.17. The minimum atomic E-state index is -0.357. The van der Waals surface area contributed by atoms with Crippen LogP contribution in [-0.4, -0.2) is 45.9 Å². The quantitative estimate of drug-likeness (QED) is 0.497. The SMILES string of the molecule is Cc1cnc(C(=O)Nc2cccc(-n3nnnc3C(C)C)n2)cc1-c1cnn(C(C)(C)C)c1. The number of aromatic nitrogens is 8. The lowest BCUT2D eigenvalue weighted by molar-refractivity contribution is 0.102. The summed E-state index contributed by atoms with van der Waals surface area (Å²) in [6.07, 6.45) is 5.48. The van der Waals surface area contributed by atoms with E-state index in [9.17, 15) is 4.79 Å². The Morgan fingerprint density at radius 3 is 2.64 bits per heavy atom. The largest absolute Gasteiger partial charge is 0.305 e. The van der Waals surface area contributed by atoms with E-state index in [0.717, 1.165) is 16.7 Å². The molecule has 4 heterocycles. The van der Waals surface area contributed by atoms with Crippen LogP contribution >= 0.6 is 0 Å². The lowest BCUT2D eigenvalue weighted by Gasteiger charge is -2.18. The molecule has 0 aliphatic rings. The zero-order valence-corrected chi connectivity index (χ0v) is 19.6. The van der Waals surface area contributed by atoms with E-state index in [1.165, 1.54) is 0 Å². The molecule has 0 spiro atoms. The Balaban J connectivity index is 1.59. The van der Waals surface area contributed by atoms with Gasteiger partial charge in [0.1, 0.15) is 11.5 Å². The van der Waals surface area contributed by atoms with Crippen molar-refractivity contribution in [1.82, 2.24) is 40.0 Å². The van der Waals surface area contributed by atoms with E-state index in [2.05, 4.69) is 56.7 Å². The van der Waals surface area contributed by atoms with Crippen LogP contribution in [0.2, 0.25) is 0 Å². The highest BCUT2D eigenvalue weighted by molar-refractivity contribution is 6.03. The number of pyridine rings is 2. The van der Waals surface area contributed by atoms with Gasteiger partial charge in [0, 0.05) is 23.9 Å². The first-order valence-corrected chi connectivity index (χ1v) is 10.7. The van der Waals surface area contributed by atoms with E-state index in [4.69, 9.17) is 0 Å². The molecule has 4 aromatic heterocycles. The number of nitrogens with one attached hydrogen (secondary N) is 1. The van der Waals surface area contributed by atoms with Gasteiger partial charge in [0.25, 0.3) is 5.91 Å². The maximum atomic E-state index is 13.0. The number of anilines is 1. The second kappa shape index (κ2) is 8.53. The van der Waals surface area contributed by atoms with Gasteiger partial charge in [-0.05, 0) is 67.4 Å². The fraction of sp³-hybridized carbons (Fsp3) is 0.348. The second-order valence-corrected chi connectivity index (χ2v) is 9.17. The molecule has 0 unspecified atom stereocenters. The van der Waals surface area contributed by atoms with Crippen LogP contribution in [0.15, 0.2) is 42.9 Å². The molecule has 1 amide bonds. The van der Waals surface area contributed by atoms with Crippen LogP contribution in [0.1, 0.15) is 62.4 Å². The minimum Gasteiger partial charge on any atom is -0.305 e. The molecule has 0 aliphatic heterocycles. The zero-order valence-electron chi connectivity index (χ0n) is 19.6. The highest BCUT2D eigenvalue weighted by Crippen LogP contribution is 2.25. The van der Waals surface area contributed by atoms with Crippen molar-refractivity contribution in [3.05, 3.63) is 59.9 Å². The summed E-state index contributed by atoms with van der Waals surface area (Å²) in [5, 5.41) is 19.1. The Hall–Kier alpha value is -3.95. The molecule has 4 rings (SSSR count). The molecule has 0 atom stereocenters. The average molecular weight is 446 g/mol. The standard InChI is InChI=1S/C23H27N9O/c1-14(2)21-28-29-30-32(21)20-9-7-8-19(26-20)27-22(33)18-10-17(15(3)11-24-18)16-12-25-31(13-16)23(4,5)6/h7-14H,1-6H3,(H,26,27,33). The number of carbonyl (C=O) groups is 1. The number of aryl methyl sites for hydroxylation is 1. The molecule has 0 bridgehead atoms. The number of rotatable bonds is 5. The van der Waals surface area contributed by atoms with Gasteiger partial charge in [0.15, 0.2) is 11.6 Å². The van der Waals surface area contributed by atoms with Crippen LogP contribution in [0.25, 0.3) is 16.9 Å². The van der Waals surface area contributed by atoms with Gasteiger partial charge in [-0.15, -0.1) is 5.10 Å². The number of hydrogen-bond donors (Lipinski definition) is 1. The summed E-state index contributed by atoms with van der Waals surface area (Å²) < 4.78 is 3.47. The summed E-state index contributed by atoms with van der Waals surface area (Å²) in [4.78, 5) is 21.8. The Morgan fingerprint density at radius 1 is 1.15 bits per heavy atom. The third kappa shape index (κ3) is 4.64. The van der Waals surface area contributed by atoms with Gasteiger partial charge < -0.3 is 5.32 Å². The maximum absolute atomic E-state index is 13.0. The monoisotopic (exact) mass is 445 g/mol. The first kappa shape index (κ1) is 22.3. The first-order valence-electron chi connectivity index (χ1n) is 10.7. The third-order valence-electron chi connectivity index (χ3n) is 5.12. The van der Waals surface area contributed by atoms with E-state index >= 15 is 0 Å². The normalized spacial score (nSPS) is 11.7. The summed E-state index contributed by atoms with van der Waals surface area (Å²) in [6.45, 7) is 12.2. The molecule has 170 valence electrons. The van der Waals surface area contributed by atoms with Gasteiger partial charge in [-0.2, -0.15) is 9.78 Å². The fourth-order valence-corrected chi connectivity index (χ4v) is 3.30. The molecule has 0 aromatic carbocycles. The summed E-state index contributed by atoms with van der Waals surface area (Å²) in [5.41, 5.74) is 2.95. The molecule has 33 heavy (non-hydrogen) atoms. The Morgan fingerprint density at radius 2 is 1.94 bits per heavy atom. The van der Waals surface area contributed by atoms with Crippen molar-refractivity contribution in [1.29, 1.82) is 0 Å². The minimum absolute atomic E-state index is 0.123. The maximum Gasteiger partial charge on any atom is 0.275 e. The predicted molar refractivity (Wildman–Crippen MR) is 124 cm³/mol. The highest BCUT2D eigenvalue weighted by atomic mass is 16.1. The summed E-state index contributed by atoms with van der Waals surface area (Å²) in [6, 6.07) is 7.06. The zero-order chi connectivity index (χ0) is 23.8. The Bertz CT molecular complexity index is 1300. The van der Waals surface area contributed by atoms with Crippen LogP contribution < -0.4 is 5.32 Å². The van der Waals surface area contributed by atoms with Crippen LogP contribution in [0.4, 0.5) is 5.82 Å². The van der Waals surface area contributed by atoms with Gasteiger partial charge in [0.05, 0.1) is 11.7 Å². The Labute approximate surface area is 192 Å². The van der Waals surface area contributed by atoms with Gasteiger partial charge in [-0.3, -0.25) is 14.5 Å². The van der Waals surface area contributed by atoms with Gasteiger partial charge in [0.2, 0.25) is 0 Å². The molecule has 0 radical (unpaired) electrons. The van der Waals surface area contributed by atoms with Crippen LogP contribution in [0.3, 0.4) is 0 Å². The topological polar surface area (TPSA) is 116 Å². The predicted octanol–water partition coefficient (Wildman–Crippen LogP) is 3.75. The van der Waals surface area contributed by atoms with Gasteiger partial charge >= 0.3 is 0 Å². The van der Waals surface area contributed by atoms with Crippen LogP contribution in [-0.2, 0) is 5.54 Å². The van der Waals surface area contributed by atoms with Crippen LogP contribution in [0, 0.1) is 6.92 Å². The summed E-state index contributed by atoms with van der Waals surface area (Å²) >= 11 is 0. The van der Waals surface area contributed by atoms with Crippen molar-refractivity contribution in [3.8, 4) is 16.9 Å². The number of tetrazole rings is 1. The number of nitrogens with zero attached hydrogens (tertiary/aromatic N) is 8. The van der Waals surface area contributed by atoms with E-state index in [-0.39, 0.29) is 23.1 Å². The summed E-state index contributed by atoms with van der Waals surface area (Å²) in [5.74, 6) is 1.36. The molecular weight excluding hydrogens is 418 g/mol. The van der Waals surface area contributed by atoms with Crippen molar-refractivity contribution in [2.24, 2.45) is 0 Å². The van der Waals surface area contributed by atoms with E-state index < -0.39 is 0 Å². The van der Waals surface area contributed by atoms with Gasteiger partial charge in [-0.1, -0.05) is 19.9 Å².